The van der Waals surface area contributed by atoms with Crippen LogP contribution in [-0.4, -0.2) is 32.4 Å². The summed E-state index contributed by atoms with van der Waals surface area (Å²) < 4.78 is 0. The maximum Gasteiger partial charge on any atom is 0.300 e. The molecule has 4 N–H and O–H groups in total. The predicted molar refractivity (Wildman–Crippen MR) is 46.1 cm³/mol. The number of aromatic nitrogens is 3. The van der Waals surface area contributed by atoms with E-state index in [0.29, 0.717) is 0 Å². The standard InChI is InChI=1S/C3H3N3.C2H4O2.CH4N2/c1-4-2-6-3-5-1;1-2(3)4;2-1-3/h1-3H;1H3,(H,3,4);1H,(H3,2,3). The maximum absolute atomic E-state index is 9.00. The first kappa shape index (κ1) is 13.5. The molecule has 13 heavy (non-hydrogen) atoms. The number of nitrogens with two attached hydrogens (primary N) is 1. The summed E-state index contributed by atoms with van der Waals surface area (Å²) in [6.45, 7) is 1.08. The zero-order valence-corrected chi connectivity index (χ0v) is 7.08. The first-order valence-electron chi connectivity index (χ1n) is 3.10. The van der Waals surface area contributed by atoms with Gasteiger partial charge in [0.05, 0.1) is 6.34 Å². The Labute approximate surface area is 75.2 Å². The predicted octanol–water partition coefficient (Wildman–Crippen LogP) is -0.485. The van der Waals surface area contributed by atoms with Crippen molar-refractivity contribution < 1.29 is 9.90 Å². The fraction of sp³-hybridized carbons (Fsp3) is 0.167. The highest BCUT2D eigenvalue weighted by molar-refractivity contribution is 5.62. The van der Waals surface area contributed by atoms with Gasteiger partial charge in [-0.3, -0.25) is 10.2 Å². The molecule has 0 aliphatic rings. The third-order valence-electron chi connectivity index (χ3n) is 0.400. The molecule has 1 aromatic rings. The fourth-order valence-electron chi connectivity index (χ4n) is 0.205. The summed E-state index contributed by atoms with van der Waals surface area (Å²) in [6.07, 6.45) is 5.06. The lowest BCUT2D eigenvalue weighted by atomic mass is 10.9. The van der Waals surface area contributed by atoms with Gasteiger partial charge in [-0.15, -0.1) is 0 Å². The van der Waals surface area contributed by atoms with Crippen molar-refractivity contribution in [2.75, 3.05) is 0 Å². The number of nitrogens with one attached hydrogen (secondary N) is 1. The number of aliphatic carboxylic acids is 1. The minimum absolute atomic E-state index is 0.750. The molecule has 0 aliphatic heterocycles. The van der Waals surface area contributed by atoms with Crippen LogP contribution < -0.4 is 5.73 Å². The van der Waals surface area contributed by atoms with E-state index in [0.717, 1.165) is 13.3 Å². The monoisotopic (exact) mass is 185 g/mol. The smallest absolute Gasteiger partial charge is 0.300 e. The van der Waals surface area contributed by atoms with Gasteiger partial charge >= 0.3 is 0 Å². The molecule has 0 bridgehead atoms. The lowest BCUT2D eigenvalue weighted by molar-refractivity contribution is -0.134. The van der Waals surface area contributed by atoms with E-state index in [4.69, 9.17) is 15.3 Å². The second-order valence-electron chi connectivity index (χ2n) is 1.48. The van der Waals surface area contributed by atoms with Gasteiger partial charge in [-0.25, -0.2) is 15.0 Å². The average molecular weight is 185 g/mol. The molecule has 1 rings (SSSR count). The number of nitrogens with zero attached hydrogens (tertiary/aromatic N) is 3. The van der Waals surface area contributed by atoms with Crippen molar-refractivity contribution in [1.82, 2.24) is 15.0 Å². The molecule has 1 heterocycles. The number of carbonyl (C=O) groups is 1. The van der Waals surface area contributed by atoms with Gasteiger partial charge in [0.2, 0.25) is 0 Å². The molecule has 1 aromatic heterocycles. The van der Waals surface area contributed by atoms with Gasteiger partial charge in [0.25, 0.3) is 5.97 Å². The number of hydrogen-bond acceptors (Lipinski definition) is 5. The summed E-state index contributed by atoms with van der Waals surface area (Å²) in [5.41, 5.74) is 4.39. The van der Waals surface area contributed by atoms with Crippen LogP contribution in [0.3, 0.4) is 0 Å². The summed E-state index contributed by atoms with van der Waals surface area (Å²) in [4.78, 5) is 19.7. The van der Waals surface area contributed by atoms with Crippen LogP contribution in [0.25, 0.3) is 0 Å². The van der Waals surface area contributed by atoms with Gasteiger partial charge in [0, 0.05) is 6.92 Å². The minimum Gasteiger partial charge on any atom is -0.481 e. The Kier molecular flexibility index (Phi) is 13.1. The molecule has 72 valence electrons. The van der Waals surface area contributed by atoms with E-state index < -0.39 is 5.97 Å². The van der Waals surface area contributed by atoms with Crippen LogP contribution in [-0.2, 0) is 4.79 Å². The molecular formula is C6H11N5O2. The second kappa shape index (κ2) is 12.6. The van der Waals surface area contributed by atoms with Crippen LogP contribution >= 0.6 is 0 Å². The molecule has 7 nitrogen and oxygen atoms in total. The Morgan fingerprint density at radius 1 is 1.38 bits per heavy atom. The van der Waals surface area contributed by atoms with E-state index in [1.54, 1.807) is 0 Å². The van der Waals surface area contributed by atoms with Crippen LogP contribution in [0, 0.1) is 5.41 Å². The van der Waals surface area contributed by atoms with Crippen LogP contribution in [0.15, 0.2) is 19.0 Å². The van der Waals surface area contributed by atoms with E-state index in [9.17, 15) is 0 Å². The average Bonchev–Trinajstić information content (AvgIpc) is 2.08. The third-order valence-corrected chi connectivity index (χ3v) is 0.400. The number of carboxylic acids is 1. The third kappa shape index (κ3) is 40.3. The molecule has 0 atom stereocenters. The Balaban J connectivity index is 0. The topological polar surface area (TPSA) is 126 Å². The van der Waals surface area contributed by atoms with Crippen molar-refractivity contribution in [2.24, 2.45) is 5.73 Å². The van der Waals surface area contributed by atoms with E-state index in [1.807, 2.05) is 0 Å². The molecule has 0 spiro atoms. The van der Waals surface area contributed by atoms with Gasteiger partial charge in [-0.2, -0.15) is 0 Å². The minimum atomic E-state index is -0.833. The number of carboxylic acid groups (broad SMARTS) is 1. The summed E-state index contributed by atoms with van der Waals surface area (Å²) in [6, 6.07) is 0. The first-order valence-corrected chi connectivity index (χ1v) is 3.10. The summed E-state index contributed by atoms with van der Waals surface area (Å²) in [5, 5.41) is 13.3. The molecule has 0 aromatic carbocycles. The zero-order valence-electron chi connectivity index (χ0n) is 7.08. The lowest BCUT2D eigenvalue weighted by Crippen LogP contribution is -1.81. The van der Waals surface area contributed by atoms with E-state index in [2.05, 4.69) is 20.7 Å². The van der Waals surface area contributed by atoms with Gasteiger partial charge in [-0.05, 0) is 0 Å². The highest BCUT2D eigenvalue weighted by Gasteiger charge is 1.65. The summed E-state index contributed by atoms with van der Waals surface area (Å²) in [5.74, 6) is -0.833. The second-order valence-corrected chi connectivity index (χ2v) is 1.48. The summed E-state index contributed by atoms with van der Waals surface area (Å²) in [7, 11) is 0. The zero-order chi connectivity index (χ0) is 10.5. The van der Waals surface area contributed by atoms with Crippen molar-refractivity contribution in [3.63, 3.8) is 0 Å². The molecule has 0 unspecified atom stereocenters. The van der Waals surface area contributed by atoms with Gasteiger partial charge in [0.15, 0.2) is 0 Å². The van der Waals surface area contributed by atoms with Gasteiger partial charge in [0.1, 0.15) is 19.0 Å². The Hall–Kier alpha value is -2.05. The maximum atomic E-state index is 9.00. The molecule has 0 radical (unpaired) electrons. The number of hydrogen-bond donors (Lipinski definition) is 3. The molecule has 7 heteroatoms. The van der Waals surface area contributed by atoms with Gasteiger partial charge in [-0.1, -0.05) is 0 Å². The molecule has 0 fully saturated rings. The largest absolute Gasteiger partial charge is 0.481 e. The SMILES string of the molecule is CC(=O)O.N=CN.c1ncncn1. The molecule has 0 aliphatic carbocycles. The normalized spacial score (nSPS) is 6.54. The number of rotatable bonds is 0. The van der Waals surface area contributed by atoms with Crippen molar-refractivity contribution in [2.45, 2.75) is 6.92 Å². The van der Waals surface area contributed by atoms with E-state index in [1.165, 1.54) is 19.0 Å². The van der Waals surface area contributed by atoms with Crippen molar-refractivity contribution in [1.29, 1.82) is 5.41 Å². The Morgan fingerprint density at radius 2 is 1.54 bits per heavy atom. The van der Waals surface area contributed by atoms with E-state index >= 15 is 0 Å². The summed E-state index contributed by atoms with van der Waals surface area (Å²) >= 11 is 0. The molecule has 0 amide bonds. The van der Waals surface area contributed by atoms with Crippen LogP contribution in [0.1, 0.15) is 6.92 Å². The van der Waals surface area contributed by atoms with Gasteiger partial charge < -0.3 is 10.8 Å². The Morgan fingerprint density at radius 3 is 1.62 bits per heavy atom. The van der Waals surface area contributed by atoms with Crippen LogP contribution in [0.5, 0.6) is 0 Å². The lowest BCUT2D eigenvalue weighted by Gasteiger charge is -1.69. The quantitative estimate of drug-likeness (QED) is 0.370. The fourth-order valence-corrected chi connectivity index (χ4v) is 0.205. The van der Waals surface area contributed by atoms with E-state index in [-0.39, 0.29) is 0 Å². The Bertz CT molecular complexity index is 185. The highest BCUT2D eigenvalue weighted by Crippen LogP contribution is 1.57. The van der Waals surface area contributed by atoms with Crippen molar-refractivity contribution in [3.8, 4) is 0 Å². The molecule has 0 saturated carbocycles. The first-order chi connectivity index (χ1) is 6.15. The van der Waals surface area contributed by atoms with Crippen molar-refractivity contribution in [3.05, 3.63) is 19.0 Å². The molecule has 0 saturated heterocycles. The molecular weight excluding hydrogens is 174 g/mol. The van der Waals surface area contributed by atoms with Crippen LogP contribution in [0.4, 0.5) is 0 Å². The van der Waals surface area contributed by atoms with Crippen LogP contribution in [0.2, 0.25) is 0 Å². The van der Waals surface area contributed by atoms with Crippen molar-refractivity contribution >= 4 is 12.3 Å². The highest BCUT2D eigenvalue weighted by atomic mass is 16.4.